The van der Waals surface area contributed by atoms with E-state index in [9.17, 15) is 4.39 Å². The Morgan fingerprint density at radius 2 is 1.95 bits per heavy atom. The summed E-state index contributed by atoms with van der Waals surface area (Å²) in [5.74, 6) is 0.416. The van der Waals surface area contributed by atoms with Gasteiger partial charge in [-0.2, -0.15) is 0 Å². The maximum Gasteiger partial charge on any atom is 0.134 e. The fraction of sp³-hybridized carbons (Fsp3) is 0.125. The van der Waals surface area contributed by atoms with E-state index < -0.39 is 0 Å². The molecular formula is C16H13BrFNO. The van der Waals surface area contributed by atoms with Gasteiger partial charge in [-0.15, -0.1) is 0 Å². The second kappa shape index (κ2) is 5.38. The quantitative estimate of drug-likeness (QED) is 0.762. The van der Waals surface area contributed by atoms with Crippen LogP contribution in [0.25, 0.3) is 11.0 Å². The number of hydrogen-bond donors (Lipinski definition) is 1. The van der Waals surface area contributed by atoms with Crippen LogP contribution in [0.5, 0.6) is 0 Å². The van der Waals surface area contributed by atoms with E-state index >= 15 is 0 Å². The molecule has 0 aliphatic heterocycles. The molecule has 0 amide bonds. The highest BCUT2D eigenvalue weighted by molar-refractivity contribution is 9.10. The predicted molar refractivity (Wildman–Crippen MR) is 80.9 cm³/mol. The zero-order valence-corrected chi connectivity index (χ0v) is 12.2. The number of fused-ring (bicyclic) bond motifs is 1. The van der Waals surface area contributed by atoms with Crippen LogP contribution in [0.15, 0.2) is 57.4 Å². The molecular weight excluding hydrogens is 321 g/mol. The van der Waals surface area contributed by atoms with Crippen molar-refractivity contribution in [1.29, 1.82) is 0 Å². The number of para-hydroxylation sites is 1. The van der Waals surface area contributed by atoms with Crippen molar-refractivity contribution < 1.29 is 8.81 Å². The first-order valence-corrected chi connectivity index (χ1v) is 7.11. The third-order valence-corrected chi connectivity index (χ3v) is 3.76. The van der Waals surface area contributed by atoms with Crippen molar-refractivity contribution in [3.05, 3.63) is 70.1 Å². The summed E-state index contributed by atoms with van der Waals surface area (Å²) < 4.78 is 20.2. The summed E-state index contributed by atoms with van der Waals surface area (Å²) in [5, 5.41) is 1.01. The van der Waals surface area contributed by atoms with Crippen molar-refractivity contribution in [2.75, 3.05) is 0 Å². The van der Waals surface area contributed by atoms with E-state index in [1.807, 2.05) is 36.4 Å². The standard InChI is InChI=1S/C16H13BrFNO/c17-12-6-5-10(13(18)9-12)7-14(19)16-8-11-3-1-2-4-15(11)20-16/h1-6,8-9,14H,7,19H2. The van der Waals surface area contributed by atoms with Gasteiger partial charge in [-0.25, -0.2) is 4.39 Å². The summed E-state index contributed by atoms with van der Waals surface area (Å²) in [6.45, 7) is 0. The summed E-state index contributed by atoms with van der Waals surface area (Å²) in [6, 6.07) is 14.3. The maximum absolute atomic E-state index is 13.8. The molecule has 1 heterocycles. The molecule has 4 heteroatoms. The Bertz CT molecular complexity index is 720. The van der Waals surface area contributed by atoms with Gasteiger partial charge in [0.2, 0.25) is 0 Å². The van der Waals surface area contributed by atoms with Crippen LogP contribution in [0.2, 0.25) is 0 Å². The Morgan fingerprint density at radius 3 is 2.70 bits per heavy atom. The van der Waals surface area contributed by atoms with Crippen LogP contribution in [0.1, 0.15) is 17.4 Å². The molecule has 1 atom stereocenters. The van der Waals surface area contributed by atoms with E-state index in [0.717, 1.165) is 15.4 Å². The third-order valence-electron chi connectivity index (χ3n) is 3.26. The van der Waals surface area contributed by atoms with Crippen LogP contribution in [-0.2, 0) is 6.42 Å². The van der Waals surface area contributed by atoms with Crippen LogP contribution >= 0.6 is 15.9 Å². The fourth-order valence-electron chi connectivity index (χ4n) is 2.21. The predicted octanol–water partition coefficient (Wildman–Crippen LogP) is 4.58. The molecule has 0 aliphatic rings. The average molecular weight is 334 g/mol. The summed E-state index contributed by atoms with van der Waals surface area (Å²) in [5.41, 5.74) is 7.51. The normalized spacial score (nSPS) is 12.8. The van der Waals surface area contributed by atoms with Crippen LogP contribution in [-0.4, -0.2) is 0 Å². The van der Waals surface area contributed by atoms with Crippen molar-refractivity contribution >= 4 is 26.9 Å². The summed E-state index contributed by atoms with van der Waals surface area (Å²) >= 11 is 3.24. The number of nitrogens with two attached hydrogens (primary N) is 1. The highest BCUT2D eigenvalue weighted by Crippen LogP contribution is 2.26. The summed E-state index contributed by atoms with van der Waals surface area (Å²) in [7, 11) is 0. The second-order valence-electron chi connectivity index (χ2n) is 4.73. The van der Waals surface area contributed by atoms with Gasteiger partial charge in [-0.1, -0.05) is 40.2 Å². The Balaban J connectivity index is 1.86. The van der Waals surface area contributed by atoms with Crippen molar-refractivity contribution in [3.63, 3.8) is 0 Å². The molecule has 3 rings (SSSR count). The molecule has 102 valence electrons. The van der Waals surface area contributed by atoms with Gasteiger partial charge < -0.3 is 10.2 Å². The molecule has 0 radical (unpaired) electrons. The minimum Gasteiger partial charge on any atom is -0.459 e. The van der Waals surface area contributed by atoms with E-state index in [-0.39, 0.29) is 11.9 Å². The van der Waals surface area contributed by atoms with Gasteiger partial charge in [0.25, 0.3) is 0 Å². The zero-order chi connectivity index (χ0) is 14.1. The van der Waals surface area contributed by atoms with Gasteiger partial charge in [0, 0.05) is 9.86 Å². The average Bonchev–Trinajstić information content (AvgIpc) is 2.86. The Morgan fingerprint density at radius 1 is 1.15 bits per heavy atom. The third kappa shape index (κ3) is 2.62. The molecule has 1 aromatic heterocycles. The SMILES string of the molecule is NC(Cc1ccc(Br)cc1F)c1cc2ccccc2o1. The lowest BCUT2D eigenvalue weighted by Crippen LogP contribution is -2.13. The number of halogens is 2. The molecule has 2 nitrogen and oxygen atoms in total. The largest absolute Gasteiger partial charge is 0.459 e. The van der Waals surface area contributed by atoms with Crippen molar-refractivity contribution in [1.82, 2.24) is 0 Å². The van der Waals surface area contributed by atoms with Crippen LogP contribution in [0.3, 0.4) is 0 Å². The minimum absolute atomic E-state index is 0.258. The second-order valence-corrected chi connectivity index (χ2v) is 5.65. The van der Waals surface area contributed by atoms with Crippen molar-refractivity contribution in [2.45, 2.75) is 12.5 Å². The number of hydrogen-bond acceptors (Lipinski definition) is 2. The zero-order valence-electron chi connectivity index (χ0n) is 10.6. The van der Waals surface area contributed by atoms with E-state index in [2.05, 4.69) is 15.9 Å². The molecule has 0 saturated carbocycles. The maximum atomic E-state index is 13.8. The summed E-state index contributed by atoms with van der Waals surface area (Å²) in [6.07, 6.45) is 0.402. The van der Waals surface area contributed by atoms with E-state index in [4.69, 9.17) is 10.2 Å². The number of rotatable bonds is 3. The first kappa shape index (κ1) is 13.3. The molecule has 2 aromatic carbocycles. The highest BCUT2D eigenvalue weighted by atomic mass is 79.9. The summed E-state index contributed by atoms with van der Waals surface area (Å²) in [4.78, 5) is 0. The van der Waals surface area contributed by atoms with Crippen LogP contribution in [0.4, 0.5) is 4.39 Å². The van der Waals surface area contributed by atoms with Crippen LogP contribution < -0.4 is 5.73 Å². The van der Waals surface area contributed by atoms with Crippen molar-refractivity contribution in [2.24, 2.45) is 5.73 Å². The molecule has 20 heavy (non-hydrogen) atoms. The smallest absolute Gasteiger partial charge is 0.134 e. The molecule has 0 saturated heterocycles. The van der Waals surface area contributed by atoms with Gasteiger partial charge in [0.15, 0.2) is 0 Å². The molecule has 0 aliphatic carbocycles. The lowest BCUT2D eigenvalue weighted by Gasteiger charge is -2.09. The van der Waals surface area contributed by atoms with Gasteiger partial charge in [-0.3, -0.25) is 0 Å². The van der Waals surface area contributed by atoms with Crippen molar-refractivity contribution in [3.8, 4) is 0 Å². The number of benzene rings is 2. The van der Waals surface area contributed by atoms with Gasteiger partial charge in [0.1, 0.15) is 17.2 Å². The first-order chi connectivity index (χ1) is 9.63. The Hall–Kier alpha value is -1.65. The van der Waals surface area contributed by atoms with E-state index in [1.54, 1.807) is 6.07 Å². The monoisotopic (exact) mass is 333 g/mol. The van der Waals surface area contributed by atoms with Gasteiger partial charge >= 0.3 is 0 Å². The first-order valence-electron chi connectivity index (χ1n) is 6.31. The fourth-order valence-corrected chi connectivity index (χ4v) is 2.54. The van der Waals surface area contributed by atoms with Gasteiger partial charge in [0.05, 0.1) is 6.04 Å². The molecule has 1 unspecified atom stereocenters. The van der Waals surface area contributed by atoms with E-state index in [0.29, 0.717) is 17.7 Å². The molecule has 0 spiro atoms. The topological polar surface area (TPSA) is 39.2 Å². The molecule has 2 N–H and O–H groups in total. The minimum atomic E-state index is -0.363. The molecule has 3 aromatic rings. The lowest BCUT2D eigenvalue weighted by molar-refractivity contribution is 0.487. The lowest BCUT2D eigenvalue weighted by atomic mass is 10.0. The number of furan rings is 1. The van der Waals surface area contributed by atoms with E-state index in [1.165, 1.54) is 6.07 Å². The van der Waals surface area contributed by atoms with Gasteiger partial charge in [-0.05, 0) is 36.2 Å². The Labute approximate surface area is 124 Å². The Kier molecular flexibility index (Phi) is 3.59. The molecule has 0 bridgehead atoms. The molecule has 0 fully saturated rings. The highest BCUT2D eigenvalue weighted by Gasteiger charge is 2.14. The van der Waals surface area contributed by atoms with Crippen LogP contribution in [0, 0.1) is 5.82 Å².